The Hall–Kier alpha value is -1.81. The summed E-state index contributed by atoms with van der Waals surface area (Å²) in [5.74, 6) is 0.800. The fourth-order valence-corrected chi connectivity index (χ4v) is 2.30. The van der Waals surface area contributed by atoms with E-state index in [0.717, 1.165) is 33.3 Å². The number of benzene rings is 1. The number of hydrogen-bond acceptors (Lipinski definition) is 3. The minimum absolute atomic E-state index is 0.0429. The highest BCUT2D eigenvalue weighted by Gasteiger charge is 2.11. The number of aromatic nitrogens is 1. The molecule has 0 radical (unpaired) electrons. The Bertz CT molecular complexity index is 644. The molecule has 0 atom stereocenters. The highest BCUT2D eigenvalue weighted by Crippen LogP contribution is 2.26. The molecule has 0 saturated carbocycles. The van der Waals surface area contributed by atoms with Crippen LogP contribution in [-0.2, 0) is 6.42 Å². The molecule has 0 spiro atoms. The molecule has 0 amide bonds. The van der Waals surface area contributed by atoms with Gasteiger partial charge in [0, 0.05) is 10.9 Å². The fourth-order valence-electron chi connectivity index (χ4n) is 2.30. The summed E-state index contributed by atoms with van der Waals surface area (Å²) in [5, 5.41) is 1.02. The Morgan fingerprint density at radius 1 is 1.33 bits per heavy atom. The number of hydrogen-bond donors (Lipinski definition) is 2. The Balaban J connectivity index is 2.83. The fraction of sp³-hybridized carbons (Fsp3) is 0.357. The lowest BCUT2D eigenvalue weighted by Crippen LogP contribution is -2.18. The van der Waals surface area contributed by atoms with Gasteiger partial charge < -0.3 is 15.5 Å². The first kappa shape index (κ1) is 12.6. The summed E-state index contributed by atoms with van der Waals surface area (Å²) in [4.78, 5) is 14.9. The molecule has 0 fully saturated rings. The van der Waals surface area contributed by atoms with Crippen molar-refractivity contribution in [2.75, 3.05) is 13.7 Å². The molecule has 3 N–H and O–H groups in total. The molecule has 4 heteroatoms. The summed E-state index contributed by atoms with van der Waals surface area (Å²) in [6.07, 6.45) is 0.591. The summed E-state index contributed by atoms with van der Waals surface area (Å²) < 4.78 is 5.27. The molecule has 0 aliphatic rings. The van der Waals surface area contributed by atoms with Crippen LogP contribution in [0.2, 0.25) is 0 Å². The minimum atomic E-state index is -0.0429. The molecule has 0 aliphatic carbocycles. The summed E-state index contributed by atoms with van der Waals surface area (Å²) in [6, 6.07) is 3.87. The molecule has 18 heavy (non-hydrogen) atoms. The van der Waals surface area contributed by atoms with Gasteiger partial charge in [0.25, 0.3) is 5.56 Å². The summed E-state index contributed by atoms with van der Waals surface area (Å²) >= 11 is 0. The van der Waals surface area contributed by atoms with Gasteiger partial charge in [0.15, 0.2) is 0 Å². The van der Waals surface area contributed by atoms with Crippen LogP contribution in [0.5, 0.6) is 5.75 Å². The third-order valence-electron chi connectivity index (χ3n) is 3.31. The van der Waals surface area contributed by atoms with E-state index in [1.165, 1.54) is 0 Å². The lowest BCUT2D eigenvalue weighted by atomic mass is 10.00. The minimum Gasteiger partial charge on any atom is -0.497 e. The van der Waals surface area contributed by atoms with Gasteiger partial charge >= 0.3 is 0 Å². The van der Waals surface area contributed by atoms with E-state index in [9.17, 15) is 4.79 Å². The van der Waals surface area contributed by atoms with Crippen LogP contribution in [0.3, 0.4) is 0 Å². The van der Waals surface area contributed by atoms with Gasteiger partial charge in [-0.15, -0.1) is 0 Å². The number of aromatic amines is 1. The van der Waals surface area contributed by atoms with Crippen LogP contribution < -0.4 is 16.0 Å². The highest BCUT2D eigenvalue weighted by molar-refractivity contribution is 5.87. The van der Waals surface area contributed by atoms with Crippen LogP contribution in [0.25, 0.3) is 10.9 Å². The molecule has 0 bridgehead atoms. The quantitative estimate of drug-likeness (QED) is 0.865. The van der Waals surface area contributed by atoms with Gasteiger partial charge in [0.05, 0.1) is 12.6 Å². The number of aryl methyl sites for hydroxylation is 2. The van der Waals surface area contributed by atoms with E-state index in [4.69, 9.17) is 10.5 Å². The molecular weight excluding hydrogens is 228 g/mol. The standard InChI is InChI=1S/C14H18N2O2/c1-8-6-10(18-3)7-12-9(2)11(4-5-15)14(17)16-13(8)12/h6-7H,4-5,15H2,1-3H3,(H,16,17). The number of pyridine rings is 1. The number of H-pyrrole nitrogens is 1. The van der Waals surface area contributed by atoms with Gasteiger partial charge in [-0.2, -0.15) is 0 Å². The van der Waals surface area contributed by atoms with E-state index in [1.807, 2.05) is 26.0 Å². The number of ether oxygens (including phenoxy) is 1. The summed E-state index contributed by atoms with van der Waals surface area (Å²) in [5.41, 5.74) is 9.13. The molecule has 1 heterocycles. The molecule has 2 rings (SSSR count). The van der Waals surface area contributed by atoms with E-state index in [-0.39, 0.29) is 5.56 Å². The van der Waals surface area contributed by atoms with Gasteiger partial charge in [-0.3, -0.25) is 4.79 Å². The predicted octanol–water partition coefficient (Wildman–Crippen LogP) is 1.65. The maximum atomic E-state index is 12.0. The summed E-state index contributed by atoms with van der Waals surface area (Å²) in [6.45, 7) is 4.39. The smallest absolute Gasteiger partial charge is 0.251 e. The van der Waals surface area contributed by atoms with Gasteiger partial charge in [-0.25, -0.2) is 0 Å². The molecule has 4 nitrogen and oxygen atoms in total. The SMILES string of the molecule is COc1cc(C)c2[nH]c(=O)c(CCN)c(C)c2c1. The first-order chi connectivity index (χ1) is 8.58. The Labute approximate surface area is 106 Å². The van der Waals surface area contributed by atoms with Crippen molar-refractivity contribution in [3.8, 4) is 5.75 Å². The zero-order valence-electron chi connectivity index (χ0n) is 11.0. The lowest BCUT2D eigenvalue weighted by molar-refractivity contribution is 0.415. The second-order valence-electron chi connectivity index (χ2n) is 4.46. The van der Waals surface area contributed by atoms with E-state index < -0.39 is 0 Å². The Kier molecular flexibility index (Phi) is 3.39. The van der Waals surface area contributed by atoms with Crippen LogP contribution >= 0.6 is 0 Å². The van der Waals surface area contributed by atoms with Crippen molar-refractivity contribution in [2.24, 2.45) is 5.73 Å². The molecule has 96 valence electrons. The predicted molar refractivity (Wildman–Crippen MR) is 73.4 cm³/mol. The molecule has 1 aromatic heterocycles. The number of fused-ring (bicyclic) bond motifs is 1. The van der Waals surface area contributed by atoms with Crippen molar-refractivity contribution in [1.82, 2.24) is 4.98 Å². The van der Waals surface area contributed by atoms with Crippen LogP contribution in [0, 0.1) is 13.8 Å². The average molecular weight is 246 g/mol. The van der Waals surface area contributed by atoms with E-state index in [0.29, 0.717) is 13.0 Å². The monoisotopic (exact) mass is 246 g/mol. The van der Waals surface area contributed by atoms with E-state index in [1.54, 1.807) is 7.11 Å². The van der Waals surface area contributed by atoms with Crippen LogP contribution in [0.15, 0.2) is 16.9 Å². The highest BCUT2D eigenvalue weighted by atomic mass is 16.5. The zero-order chi connectivity index (χ0) is 13.3. The van der Waals surface area contributed by atoms with Gasteiger partial charge in [-0.05, 0) is 50.1 Å². The summed E-state index contributed by atoms with van der Waals surface area (Å²) in [7, 11) is 1.64. The molecule has 0 saturated heterocycles. The van der Waals surface area contributed by atoms with Crippen LogP contribution in [0.4, 0.5) is 0 Å². The number of rotatable bonds is 3. The maximum absolute atomic E-state index is 12.0. The second kappa shape index (κ2) is 4.82. The van der Waals surface area contributed by atoms with Crippen LogP contribution in [-0.4, -0.2) is 18.6 Å². The largest absolute Gasteiger partial charge is 0.497 e. The molecule has 0 unspecified atom stereocenters. The Morgan fingerprint density at radius 3 is 2.67 bits per heavy atom. The van der Waals surface area contributed by atoms with Crippen molar-refractivity contribution in [1.29, 1.82) is 0 Å². The first-order valence-corrected chi connectivity index (χ1v) is 5.98. The van der Waals surface area contributed by atoms with Crippen molar-refractivity contribution in [3.05, 3.63) is 39.2 Å². The van der Waals surface area contributed by atoms with Gasteiger partial charge in [0.1, 0.15) is 5.75 Å². The molecule has 1 aromatic carbocycles. The van der Waals surface area contributed by atoms with Crippen molar-refractivity contribution in [3.63, 3.8) is 0 Å². The molecule has 2 aromatic rings. The lowest BCUT2D eigenvalue weighted by Gasteiger charge is -2.11. The van der Waals surface area contributed by atoms with Gasteiger partial charge in [-0.1, -0.05) is 0 Å². The normalized spacial score (nSPS) is 10.9. The first-order valence-electron chi connectivity index (χ1n) is 5.98. The van der Waals surface area contributed by atoms with Crippen molar-refractivity contribution < 1.29 is 4.74 Å². The third-order valence-corrected chi connectivity index (χ3v) is 3.31. The molecule has 0 aliphatic heterocycles. The number of nitrogens with one attached hydrogen (secondary N) is 1. The van der Waals surface area contributed by atoms with Crippen LogP contribution in [0.1, 0.15) is 16.7 Å². The van der Waals surface area contributed by atoms with Gasteiger partial charge in [0.2, 0.25) is 0 Å². The van der Waals surface area contributed by atoms with Crippen molar-refractivity contribution >= 4 is 10.9 Å². The topological polar surface area (TPSA) is 68.1 Å². The third kappa shape index (κ3) is 1.99. The van der Waals surface area contributed by atoms with Crippen molar-refractivity contribution in [2.45, 2.75) is 20.3 Å². The molecular formula is C14H18N2O2. The maximum Gasteiger partial charge on any atom is 0.251 e. The zero-order valence-corrected chi connectivity index (χ0v) is 11.0. The van der Waals surface area contributed by atoms with E-state index in [2.05, 4.69) is 4.98 Å². The number of nitrogens with two attached hydrogens (primary N) is 1. The second-order valence-corrected chi connectivity index (χ2v) is 4.46. The van der Waals surface area contributed by atoms with E-state index >= 15 is 0 Å². The number of methoxy groups -OCH3 is 1. The average Bonchev–Trinajstić information content (AvgIpc) is 2.35. The Morgan fingerprint density at radius 2 is 2.06 bits per heavy atom.